The van der Waals surface area contributed by atoms with E-state index in [-0.39, 0.29) is 11.3 Å². The van der Waals surface area contributed by atoms with Gasteiger partial charge in [0.15, 0.2) is 0 Å². The molecule has 2 heterocycles. The number of carbonyl (C=O) groups is 2. The Balaban J connectivity index is 1.93. The fourth-order valence-electron chi connectivity index (χ4n) is 4.30. The molecule has 1 aliphatic rings. The Hall–Kier alpha value is -3.29. The molecule has 8 heteroatoms. The van der Waals surface area contributed by atoms with E-state index in [2.05, 4.69) is 0 Å². The lowest BCUT2D eigenvalue weighted by atomic mass is 9.95. The molecule has 1 atom stereocenters. The Morgan fingerprint density at radius 3 is 2.58 bits per heavy atom. The average molecular weight is 468 g/mol. The van der Waals surface area contributed by atoms with Crippen LogP contribution >= 0.6 is 11.6 Å². The number of hydrogen-bond acceptors (Lipinski definition) is 5. The summed E-state index contributed by atoms with van der Waals surface area (Å²) in [6.07, 6.45) is 1.91. The van der Waals surface area contributed by atoms with Gasteiger partial charge in [-0.3, -0.25) is 9.59 Å². The number of carbonyl (C=O) groups excluding carboxylic acids is 2. The summed E-state index contributed by atoms with van der Waals surface area (Å²) in [5.41, 5.74) is 2.15. The SMILES string of the molecule is COc1ccc(/C(O)=C2\C(=O)C(=O)N(CCN(C)C)C2c2cn(C)c3ccccc23)cc1Cl. The minimum absolute atomic E-state index is 0.0522. The third-order valence-corrected chi connectivity index (χ3v) is 6.27. The molecule has 0 aliphatic carbocycles. The molecule has 1 aromatic heterocycles. The number of aryl methyl sites for hydroxylation is 1. The lowest BCUT2D eigenvalue weighted by Gasteiger charge is -2.26. The molecule has 172 valence electrons. The first-order valence-electron chi connectivity index (χ1n) is 10.6. The molecule has 4 rings (SSSR count). The van der Waals surface area contributed by atoms with Crippen molar-refractivity contribution < 1.29 is 19.4 Å². The van der Waals surface area contributed by atoms with Gasteiger partial charge in [-0.05, 0) is 38.4 Å². The van der Waals surface area contributed by atoms with Crippen LogP contribution in [0, 0.1) is 0 Å². The first-order chi connectivity index (χ1) is 15.7. The fraction of sp³-hybridized carbons (Fsp3) is 0.280. The van der Waals surface area contributed by atoms with Crippen molar-refractivity contribution in [2.24, 2.45) is 7.05 Å². The zero-order chi connectivity index (χ0) is 23.9. The number of nitrogens with zero attached hydrogens (tertiary/aromatic N) is 3. The van der Waals surface area contributed by atoms with E-state index in [0.717, 1.165) is 16.5 Å². The minimum Gasteiger partial charge on any atom is -0.507 e. The van der Waals surface area contributed by atoms with Gasteiger partial charge in [0.2, 0.25) is 0 Å². The number of aliphatic hydroxyl groups is 1. The number of fused-ring (bicyclic) bond motifs is 1. The van der Waals surface area contributed by atoms with Gasteiger partial charge in [-0.1, -0.05) is 29.8 Å². The van der Waals surface area contributed by atoms with Crippen LogP contribution in [0.3, 0.4) is 0 Å². The van der Waals surface area contributed by atoms with Gasteiger partial charge in [-0.15, -0.1) is 0 Å². The Morgan fingerprint density at radius 2 is 1.91 bits per heavy atom. The number of amides is 1. The predicted molar refractivity (Wildman–Crippen MR) is 128 cm³/mol. The second-order valence-electron chi connectivity index (χ2n) is 8.36. The summed E-state index contributed by atoms with van der Waals surface area (Å²) in [7, 11) is 7.23. The van der Waals surface area contributed by atoms with E-state index in [0.29, 0.717) is 29.4 Å². The molecule has 1 amide bonds. The molecule has 1 N–H and O–H groups in total. The Bertz CT molecular complexity index is 1280. The third kappa shape index (κ3) is 3.98. The largest absolute Gasteiger partial charge is 0.507 e. The summed E-state index contributed by atoms with van der Waals surface area (Å²) in [4.78, 5) is 29.8. The van der Waals surface area contributed by atoms with Crippen LogP contribution in [0.15, 0.2) is 54.2 Å². The quantitative estimate of drug-likeness (QED) is 0.339. The predicted octanol–water partition coefficient (Wildman–Crippen LogP) is 3.82. The topological polar surface area (TPSA) is 75.0 Å². The number of benzene rings is 2. The minimum atomic E-state index is -0.725. The molecule has 0 spiro atoms. The van der Waals surface area contributed by atoms with E-state index in [9.17, 15) is 14.7 Å². The highest BCUT2D eigenvalue weighted by Crippen LogP contribution is 2.42. The van der Waals surface area contributed by atoms with Gasteiger partial charge in [-0.25, -0.2) is 0 Å². The monoisotopic (exact) mass is 467 g/mol. The number of methoxy groups -OCH3 is 1. The van der Waals surface area contributed by atoms with E-state index in [1.807, 2.05) is 61.1 Å². The summed E-state index contributed by atoms with van der Waals surface area (Å²) < 4.78 is 7.15. The molecular weight excluding hydrogens is 442 g/mol. The van der Waals surface area contributed by atoms with Gasteiger partial charge in [-0.2, -0.15) is 0 Å². The summed E-state index contributed by atoms with van der Waals surface area (Å²) in [5.74, 6) is -1.15. The van der Waals surface area contributed by atoms with Crippen LogP contribution in [0.5, 0.6) is 5.75 Å². The zero-order valence-electron chi connectivity index (χ0n) is 19.0. The number of ether oxygens (including phenoxy) is 1. The molecule has 1 unspecified atom stereocenters. The maximum Gasteiger partial charge on any atom is 0.295 e. The van der Waals surface area contributed by atoms with Crippen molar-refractivity contribution in [1.82, 2.24) is 14.4 Å². The average Bonchev–Trinajstić information content (AvgIpc) is 3.25. The second kappa shape index (κ2) is 8.92. The van der Waals surface area contributed by atoms with E-state index in [1.54, 1.807) is 17.0 Å². The Morgan fingerprint density at radius 1 is 1.18 bits per heavy atom. The highest BCUT2D eigenvalue weighted by molar-refractivity contribution is 6.46. The molecule has 33 heavy (non-hydrogen) atoms. The van der Waals surface area contributed by atoms with Crippen LogP contribution in [0.1, 0.15) is 17.2 Å². The smallest absolute Gasteiger partial charge is 0.295 e. The maximum atomic E-state index is 13.2. The Kier molecular flexibility index (Phi) is 6.19. The molecule has 0 bridgehead atoms. The zero-order valence-corrected chi connectivity index (χ0v) is 19.8. The van der Waals surface area contributed by atoms with Gasteiger partial charge < -0.3 is 24.2 Å². The third-order valence-electron chi connectivity index (χ3n) is 5.98. The van der Waals surface area contributed by atoms with E-state index < -0.39 is 17.7 Å². The first kappa shape index (κ1) is 22.9. The number of aliphatic hydroxyl groups excluding tert-OH is 1. The molecule has 7 nitrogen and oxygen atoms in total. The normalized spacial score (nSPS) is 18.0. The number of likely N-dealkylation sites (tertiary alicyclic amines) is 1. The van der Waals surface area contributed by atoms with Crippen molar-refractivity contribution in [3.8, 4) is 5.75 Å². The lowest BCUT2D eigenvalue weighted by Crippen LogP contribution is -2.35. The molecule has 1 saturated heterocycles. The maximum absolute atomic E-state index is 13.2. The van der Waals surface area contributed by atoms with Crippen molar-refractivity contribution in [2.75, 3.05) is 34.3 Å². The number of aromatic nitrogens is 1. The number of para-hydroxylation sites is 1. The molecule has 2 aromatic carbocycles. The summed E-state index contributed by atoms with van der Waals surface area (Å²) in [6.45, 7) is 0.911. The molecule has 1 fully saturated rings. The highest BCUT2D eigenvalue weighted by atomic mass is 35.5. The number of halogens is 1. The van der Waals surface area contributed by atoms with Crippen LogP contribution in [-0.2, 0) is 16.6 Å². The number of rotatable bonds is 6. The molecular formula is C25H26ClN3O4. The Labute approximate surface area is 197 Å². The van der Waals surface area contributed by atoms with Crippen molar-refractivity contribution in [1.29, 1.82) is 0 Å². The van der Waals surface area contributed by atoms with Crippen molar-refractivity contribution >= 4 is 40.0 Å². The highest BCUT2D eigenvalue weighted by Gasteiger charge is 2.46. The van der Waals surface area contributed by atoms with Gasteiger partial charge in [0.25, 0.3) is 11.7 Å². The molecule has 3 aromatic rings. The van der Waals surface area contributed by atoms with E-state index >= 15 is 0 Å². The summed E-state index contributed by atoms with van der Waals surface area (Å²) in [5, 5.41) is 12.5. The molecule has 0 saturated carbocycles. The van der Waals surface area contributed by atoms with E-state index in [4.69, 9.17) is 16.3 Å². The van der Waals surface area contributed by atoms with Crippen LogP contribution in [0.2, 0.25) is 5.02 Å². The summed E-state index contributed by atoms with van der Waals surface area (Å²) >= 11 is 6.26. The molecule has 1 aliphatic heterocycles. The van der Waals surface area contributed by atoms with Crippen LogP contribution in [0.25, 0.3) is 16.7 Å². The van der Waals surface area contributed by atoms with Gasteiger partial charge in [0, 0.05) is 48.4 Å². The summed E-state index contributed by atoms with van der Waals surface area (Å²) in [6, 6.07) is 11.8. The van der Waals surface area contributed by atoms with Crippen molar-refractivity contribution in [2.45, 2.75) is 6.04 Å². The van der Waals surface area contributed by atoms with E-state index in [1.165, 1.54) is 13.2 Å². The fourth-order valence-corrected chi connectivity index (χ4v) is 4.56. The standard InChI is InChI=1S/C25H26ClN3O4/c1-27(2)11-12-29-22(17-14-28(3)19-8-6-5-7-16(17)19)21(24(31)25(29)32)23(30)15-9-10-20(33-4)18(26)13-15/h5-10,13-14,22,30H,11-12H2,1-4H3/b23-21+. The lowest BCUT2D eigenvalue weighted by molar-refractivity contribution is -0.140. The number of Topliss-reactive ketones (excluding diaryl/α,β-unsaturated/α-hetero) is 1. The molecule has 0 radical (unpaired) electrons. The number of likely N-dealkylation sites (N-methyl/N-ethyl adjacent to an activating group) is 1. The van der Waals surface area contributed by atoms with Gasteiger partial charge >= 0.3 is 0 Å². The van der Waals surface area contributed by atoms with Crippen LogP contribution in [0.4, 0.5) is 0 Å². The van der Waals surface area contributed by atoms with Crippen molar-refractivity contribution in [3.63, 3.8) is 0 Å². The second-order valence-corrected chi connectivity index (χ2v) is 8.76. The van der Waals surface area contributed by atoms with Crippen LogP contribution < -0.4 is 4.74 Å². The number of hydrogen-bond donors (Lipinski definition) is 1. The van der Waals surface area contributed by atoms with Gasteiger partial charge in [0.05, 0.1) is 23.7 Å². The van der Waals surface area contributed by atoms with Crippen LogP contribution in [-0.4, -0.2) is 65.5 Å². The first-order valence-corrected chi connectivity index (χ1v) is 10.9. The van der Waals surface area contributed by atoms with Gasteiger partial charge in [0.1, 0.15) is 11.5 Å². The van der Waals surface area contributed by atoms with Crippen molar-refractivity contribution in [3.05, 3.63) is 70.4 Å². The number of ketones is 1.